The van der Waals surface area contributed by atoms with Gasteiger partial charge in [-0.2, -0.15) is 15.1 Å². The second-order valence-electron chi connectivity index (χ2n) is 4.59. The normalized spacial score (nSPS) is 23.4. The third-order valence-electron chi connectivity index (χ3n) is 3.15. The van der Waals surface area contributed by atoms with E-state index in [1.54, 1.807) is 6.20 Å². The van der Waals surface area contributed by atoms with Crippen LogP contribution in [0.2, 0.25) is 0 Å². The molecular formula is C10H15N7. The zero-order valence-corrected chi connectivity index (χ0v) is 9.57. The van der Waals surface area contributed by atoms with Gasteiger partial charge in [0.1, 0.15) is 5.82 Å². The number of nitrogen functional groups attached to an aromatic ring is 1. The first-order valence-electron chi connectivity index (χ1n) is 5.70. The van der Waals surface area contributed by atoms with Gasteiger partial charge in [0.25, 0.3) is 0 Å². The van der Waals surface area contributed by atoms with Crippen LogP contribution in [0.4, 0.5) is 11.8 Å². The monoisotopic (exact) mass is 233 g/mol. The van der Waals surface area contributed by atoms with Gasteiger partial charge in [-0.15, -0.1) is 0 Å². The molecule has 0 radical (unpaired) electrons. The molecule has 2 aromatic heterocycles. The summed E-state index contributed by atoms with van der Waals surface area (Å²) in [5.74, 6) is 7.31. The molecule has 0 unspecified atom stereocenters. The van der Waals surface area contributed by atoms with Crippen molar-refractivity contribution in [3.05, 3.63) is 6.20 Å². The lowest BCUT2D eigenvalue weighted by Crippen LogP contribution is -2.34. The Labute approximate surface area is 98.2 Å². The lowest BCUT2D eigenvalue weighted by Gasteiger charge is -2.33. The third-order valence-corrected chi connectivity index (χ3v) is 3.15. The molecule has 1 aliphatic carbocycles. The Morgan fingerprint density at radius 2 is 2.24 bits per heavy atom. The number of H-pyrrole nitrogens is 1. The van der Waals surface area contributed by atoms with Crippen molar-refractivity contribution in [2.75, 3.05) is 10.7 Å². The van der Waals surface area contributed by atoms with Crippen molar-refractivity contribution < 1.29 is 0 Å². The van der Waals surface area contributed by atoms with Gasteiger partial charge < -0.3 is 5.32 Å². The van der Waals surface area contributed by atoms with E-state index < -0.39 is 0 Å². The second-order valence-corrected chi connectivity index (χ2v) is 4.59. The van der Waals surface area contributed by atoms with E-state index >= 15 is 0 Å². The second kappa shape index (κ2) is 3.85. The van der Waals surface area contributed by atoms with Crippen LogP contribution in [0.5, 0.6) is 0 Å². The molecule has 3 rings (SSSR count). The van der Waals surface area contributed by atoms with E-state index in [0.717, 1.165) is 17.1 Å². The number of hydrogen-bond donors (Lipinski definition) is 4. The Bertz CT molecular complexity index is 528. The van der Waals surface area contributed by atoms with E-state index in [0.29, 0.717) is 17.6 Å². The molecule has 1 fully saturated rings. The first-order chi connectivity index (χ1) is 8.26. The molecular weight excluding hydrogens is 218 g/mol. The molecule has 5 N–H and O–H groups in total. The minimum atomic E-state index is 0.386. The van der Waals surface area contributed by atoms with Crippen LogP contribution in [0, 0.1) is 5.92 Å². The molecule has 17 heavy (non-hydrogen) atoms. The van der Waals surface area contributed by atoms with Crippen molar-refractivity contribution in [2.24, 2.45) is 11.8 Å². The molecule has 1 saturated carbocycles. The van der Waals surface area contributed by atoms with E-state index in [4.69, 9.17) is 5.84 Å². The SMILES string of the molecule is CC1CC(Nc2nc(NN)nc3[nH]ncc23)C1. The molecule has 0 spiro atoms. The van der Waals surface area contributed by atoms with Crippen molar-refractivity contribution in [3.8, 4) is 0 Å². The minimum absolute atomic E-state index is 0.386. The summed E-state index contributed by atoms with van der Waals surface area (Å²) < 4.78 is 0. The number of fused-ring (bicyclic) bond motifs is 1. The van der Waals surface area contributed by atoms with E-state index in [2.05, 4.69) is 37.8 Å². The van der Waals surface area contributed by atoms with Crippen molar-refractivity contribution >= 4 is 22.8 Å². The van der Waals surface area contributed by atoms with Crippen LogP contribution in [0.3, 0.4) is 0 Å². The number of nitrogens with zero attached hydrogens (tertiary/aromatic N) is 3. The molecule has 0 aromatic carbocycles. The fourth-order valence-electron chi connectivity index (χ4n) is 2.22. The molecule has 7 heteroatoms. The summed E-state index contributed by atoms with van der Waals surface area (Å²) in [5, 5.41) is 11.1. The van der Waals surface area contributed by atoms with Gasteiger partial charge in [-0.05, 0) is 18.8 Å². The summed E-state index contributed by atoms with van der Waals surface area (Å²) in [6.45, 7) is 2.25. The maximum atomic E-state index is 5.34. The fourth-order valence-corrected chi connectivity index (χ4v) is 2.22. The number of anilines is 2. The van der Waals surface area contributed by atoms with Crippen molar-refractivity contribution in [1.82, 2.24) is 20.2 Å². The molecule has 7 nitrogen and oxygen atoms in total. The highest BCUT2D eigenvalue weighted by Crippen LogP contribution is 2.30. The van der Waals surface area contributed by atoms with Crippen molar-refractivity contribution in [2.45, 2.75) is 25.8 Å². The van der Waals surface area contributed by atoms with Gasteiger partial charge in [-0.1, -0.05) is 6.92 Å². The zero-order chi connectivity index (χ0) is 11.8. The van der Waals surface area contributed by atoms with Gasteiger partial charge >= 0.3 is 0 Å². The van der Waals surface area contributed by atoms with E-state index in [1.807, 2.05) is 0 Å². The van der Waals surface area contributed by atoms with Crippen LogP contribution in [0.25, 0.3) is 11.0 Å². The quantitative estimate of drug-likeness (QED) is 0.463. The highest BCUT2D eigenvalue weighted by Gasteiger charge is 2.26. The van der Waals surface area contributed by atoms with Gasteiger partial charge in [0.2, 0.25) is 5.95 Å². The summed E-state index contributed by atoms with van der Waals surface area (Å²) in [4.78, 5) is 8.50. The smallest absolute Gasteiger partial charge is 0.241 e. The Balaban J connectivity index is 1.93. The van der Waals surface area contributed by atoms with Crippen molar-refractivity contribution in [1.29, 1.82) is 0 Å². The first kappa shape index (κ1) is 10.3. The van der Waals surface area contributed by atoms with Gasteiger partial charge in [-0.25, -0.2) is 5.84 Å². The predicted octanol–water partition coefficient (Wildman–Crippen LogP) is 0.849. The lowest BCUT2D eigenvalue weighted by molar-refractivity contribution is 0.309. The summed E-state index contributed by atoms with van der Waals surface area (Å²) in [5.41, 5.74) is 3.14. The Kier molecular flexibility index (Phi) is 2.32. The molecule has 2 aromatic rings. The molecule has 90 valence electrons. The Morgan fingerprint density at radius 3 is 2.94 bits per heavy atom. The average molecular weight is 233 g/mol. The zero-order valence-electron chi connectivity index (χ0n) is 9.57. The maximum Gasteiger partial charge on any atom is 0.241 e. The summed E-state index contributed by atoms with van der Waals surface area (Å²) in [7, 11) is 0. The third kappa shape index (κ3) is 1.78. The van der Waals surface area contributed by atoms with Crippen molar-refractivity contribution in [3.63, 3.8) is 0 Å². The number of aromatic amines is 1. The molecule has 0 aliphatic heterocycles. The van der Waals surface area contributed by atoms with Gasteiger partial charge in [0.05, 0.1) is 11.6 Å². The Hall–Kier alpha value is -1.89. The number of hydrazine groups is 1. The van der Waals surface area contributed by atoms with Gasteiger partial charge in [-0.3, -0.25) is 10.5 Å². The highest BCUT2D eigenvalue weighted by molar-refractivity contribution is 5.87. The van der Waals surface area contributed by atoms with E-state index in [-0.39, 0.29) is 0 Å². The van der Waals surface area contributed by atoms with E-state index in [1.165, 1.54) is 12.8 Å². The molecule has 0 bridgehead atoms. The van der Waals surface area contributed by atoms with Crippen LogP contribution in [-0.4, -0.2) is 26.2 Å². The maximum absolute atomic E-state index is 5.34. The molecule has 0 saturated heterocycles. The number of aromatic nitrogens is 4. The fraction of sp³-hybridized carbons (Fsp3) is 0.500. The van der Waals surface area contributed by atoms with E-state index in [9.17, 15) is 0 Å². The van der Waals surface area contributed by atoms with Crippen LogP contribution in [-0.2, 0) is 0 Å². The molecule has 0 amide bonds. The highest BCUT2D eigenvalue weighted by atomic mass is 15.3. The topological polar surface area (TPSA) is 105 Å². The number of rotatable bonds is 3. The number of nitrogens with two attached hydrogens (primary N) is 1. The minimum Gasteiger partial charge on any atom is -0.367 e. The van der Waals surface area contributed by atoms with Crippen LogP contribution < -0.4 is 16.6 Å². The standard InChI is InChI=1S/C10H15N7/c1-5-2-6(3-5)13-8-7-4-12-17-9(7)15-10(14-8)16-11/h4-6H,2-3,11H2,1H3,(H3,12,13,14,15,16,17). The van der Waals surface area contributed by atoms with Gasteiger partial charge in [0, 0.05) is 6.04 Å². The molecule has 2 heterocycles. The number of nitrogens with one attached hydrogen (secondary N) is 3. The largest absolute Gasteiger partial charge is 0.367 e. The molecule has 0 atom stereocenters. The molecule has 1 aliphatic rings. The summed E-state index contributed by atoms with van der Waals surface area (Å²) in [6, 6.07) is 0.489. The average Bonchev–Trinajstić information content (AvgIpc) is 2.74. The Morgan fingerprint density at radius 1 is 1.41 bits per heavy atom. The van der Waals surface area contributed by atoms with Gasteiger partial charge in [0.15, 0.2) is 5.65 Å². The predicted molar refractivity (Wildman–Crippen MR) is 65.3 cm³/mol. The summed E-state index contributed by atoms with van der Waals surface area (Å²) >= 11 is 0. The van der Waals surface area contributed by atoms with Crippen LogP contribution in [0.15, 0.2) is 6.20 Å². The summed E-state index contributed by atoms with van der Waals surface area (Å²) in [6.07, 6.45) is 4.07. The lowest BCUT2D eigenvalue weighted by atomic mass is 9.82. The van der Waals surface area contributed by atoms with Crippen LogP contribution >= 0.6 is 0 Å². The first-order valence-corrected chi connectivity index (χ1v) is 5.70. The van der Waals surface area contributed by atoms with Crippen LogP contribution in [0.1, 0.15) is 19.8 Å². The number of hydrogen-bond acceptors (Lipinski definition) is 6.